The molecule has 2 amide bonds. The van der Waals surface area contributed by atoms with E-state index in [0.717, 1.165) is 5.75 Å². The maximum atomic E-state index is 12.0. The highest BCUT2D eigenvalue weighted by atomic mass is 16.5. The van der Waals surface area contributed by atoms with Gasteiger partial charge in [0, 0.05) is 6.54 Å². The third-order valence-electron chi connectivity index (χ3n) is 3.10. The van der Waals surface area contributed by atoms with Crippen molar-refractivity contribution in [3.8, 4) is 5.75 Å². The van der Waals surface area contributed by atoms with E-state index < -0.39 is 11.9 Å². The standard InChI is InChI=1S/C17H20N2O4/c1-3-18-16(20)12(2)19-17(21)15-10-9-14(23-15)11-22-13-7-5-4-6-8-13/h4-10,12H,3,11H2,1-2H3,(H,18,20)(H,19,21)/t12-/m1/s1. The monoisotopic (exact) mass is 316 g/mol. The lowest BCUT2D eigenvalue weighted by molar-refractivity contribution is -0.122. The van der Waals surface area contributed by atoms with Gasteiger partial charge in [0.1, 0.15) is 24.2 Å². The molecule has 2 aromatic rings. The first-order valence-electron chi connectivity index (χ1n) is 7.45. The second kappa shape index (κ2) is 8.03. The fourth-order valence-corrected chi connectivity index (χ4v) is 1.91. The molecule has 1 aromatic heterocycles. The van der Waals surface area contributed by atoms with Gasteiger partial charge in [0.25, 0.3) is 5.91 Å². The van der Waals surface area contributed by atoms with E-state index in [1.807, 2.05) is 37.3 Å². The van der Waals surface area contributed by atoms with E-state index in [0.29, 0.717) is 12.3 Å². The Balaban J connectivity index is 1.88. The first-order chi connectivity index (χ1) is 11.1. The van der Waals surface area contributed by atoms with Gasteiger partial charge < -0.3 is 19.8 Å². The van der Waals surface area contributed by atoms with E-state index in [1.165, 1.54) is 0 Å². The van der Waals surface area contributed by atoms with Crippen LogP contribution in [0.3, 0.4) is 0 Å². The van der Waals surface area contributed by atoms with Crippen molar-refractivity contribution in [3.05, 3.63) is 54.0 Å². The summed E-state index contributed by atoms with van der Waals surface area (Å²) in [6, 6.07) is 11.9. The van der Waals surface area contributed by atoms with Crippen molar-refractivity contribution in [2.45, 2.75) is 26.5 Å². The zero-order valence-corrected chi connectivity index (χ0v) is 13.2. The summed E-state index contributed by atoms with van der Waals surface area (Å²) in [6.07, 6.45) is 0. The summed E-state index contributed by atoms with van der Waals surface area (Å²) >= 11 is 0. The highest BCUT2D eigenvalue weighted by Gasteiger charge is 2.18. The third-order valence-corrected chi connectivity index (χ3v) is 3.10. The molecule has 1 aromatic carbocycles. The van der Waals surface area contributed by atoms with Crippen LogP contribution in [0.2, 0.25) is 0 Å². The summed E-state index contributed by atoms with van der Waals surface area (Å²) in [4.78, 5) is 23.6. The maximum absolute atomic E-state index is 12.0. The van der Waals surface area contributed by atoms with Crippen LogP contribution in [0.5, 0.6) is 5.75 Å². The second-order valence-corrected chi connectivity index (χ2v) is 4.96. The van der Waals surface area contributed by atoms with E-state index in [2.05, 4.69) is 10.6 Å². The number of amides is 2. The number of para-hydroxylation sites is 1. The second-order valence-electron chi connectivity index (χ2n) is 4.96. The van der Waals surface area contributed by atoms with Crippen molar-refractivity contribution in [1.82, 2.24) is 10.6 Å². The van der Waals surface area contributed by atoms with E-state index in [4.69, 9.17) is 9.15 Å². The number of ether oxygens (including phenoxy) is 1. The largest absolute Gasteiger partial charge is 0.486 e. The van der Waals surface area contributed by atoms with Crippen LogP contribution in [0, 0.1) is 0 Å². The number of rotatable bonds is 7. The number of likely N-dealkylation sites (N-methyl/N-ethyl adjacent to an activating group) is 1. The highest BCUT2D eigenvalue weighted by molar-refractivity contribution is 5.95. The zero-order valence-electron chi connectivity index (χ0n) is 13.2. The van der Waals surface area contributed by atoms with E-state index in [1.54, 1.807) is 19.1 Å². The number of furan rings is 1. The molecule has 0 radical (unpaired) electrons. The quantitative estimate of drug-likeness (QED) is 0.820. The fraction of sp³-hybridized carbons (Fsp3) is 0.294. The van der Waals surface area contributed by atoms with Gasteiger partial charge in [-0.3, -0.25) is 9.59 Å². The lowest BCUT2D eigenvalue weighted by atomic mass is 10.3. The van der Waals surface area contributed by atoms with Crippen LogP contribution in [0.15, 0.2) is 46.9 Å². The lowest BCUT2D eigenvalue weighted by Crippen LogP contribution is -2.44. The molecule has 2 N–H and O–H groups in total. The first kappa shape index (κ1) is 16.6. The smallest absolute Gasteiger partial charge is 0.287 e. The van der Waals surface area contributed by atoms with E-state index in [9.17, 15) is 9.59 Å². The SMILES string of the molecule is CCNC(=O)[C@@H](C)NC(=O)c1ccc(COc2ccccc2)o1. The van der Waals surface area contributed by atoms with Gasteiger partial charge in [0.05, 0.1) is 0 Å². The van der Waals surface area contributed by atoms with Crippen molar-refractivity contribution in [3.63, 3.8) is 0 Å². The van der Waals surface area contributed by atoms with Gasteiger partial charge in [-0.15, -0.1) is 0 Å². The Kier molecular flexibility index (Phi) is 5.80. The van der Waals surface area contributed by atoms with Gasteiger partial charge >= 0.3 is 0 Å². The minimum atomic E-state index is -0.628. The maximum Gasteiger partial charge on any atom is 0.287 e. The summed E-state index contributed by atoms with van der Waals surface area (Å²) in [5.41, 5.74) is 0. The summed E-state index contributed by atoms with van der Waals surface area (Å²) in [5.74, 6) is 0.729. The molecule has 0 unspecified atom stereocenters. The van der Waals surface area contributed by atoms with Crippen molar-refractivity contribution in [2.75, 3.05) is 6.54 Å². The summed E-state index contributed by atoms with van der Waals surface area (Å²) in [5, 5.41) is 5.22. The molecule has 0 saturated heterocycles. The predicted octanol–water partition coefficient (Wildman–Crippen LogP) is 2.11. The van der Waals surface area contributed by atoms with Crippen LogP contribution < -0.4 is 15.4 Å². The van der Waals surface area contributed by atoms with Crippen molar-refractivity contribution < 1.29 is 18.7 Å². The number of carbonyl (C=O) groups is 2. The Bertz CT molecular complexity index is 652. The van der Waals surface area contributed by atoms with Gasteiger partial charge in [-0.2, -0.15) is 0 Å². The van der Waals surface area contributed by atoms with Crippen LogP contribution in [-0.2, 0) is 11.4 Å². The molecule has 0 aliphatic carbocycles. The number of hydrogen-bond donors (Lipinski definition) is 2. The molecule has 6 heteroatoms. The molecule has 6 nitrogen and oxygen atoms in total. The molecule has 122 valence electrons. The van der Waals surface area contributed by atoms with Crippen LogP contribution in [0.25, 0.3) is 0 Å². The molecular formula is C17H20N2O4. The molecule has 1 atom stereocenters. The Morgan fingerprint density at radius 1 is 1.17 bits per heavy atom. The van der Waals surface area contributed by atoms with Gasteiger partial charge in [0.15, 0.2) is 5.76 Å². The zero-order chi connectivity index (χ0) is 16.7. The topological polar surface area (TPSA) is 80.6 Å². The molecule has 0 aliphatic heterocycles. The minimum Gasteiger partial charge on any atom is -0.486 e. The first-order valence-corrected chi connectivity index (χ1v) is 7.45. The van der Waals surface area contributed by atoms with Crippen LogP contribution in [0.4, 0.5) is 0 Å². The minimum absolute atomic E-state index is 0.146. The molecular weight excluding hydrogens is 296 g/mol. The van der Waals surface area contributed by atoms with Gasteiger partial charge in [0.2, 0.25) is 5.91 Å². The molecule has 0 aliphatic rings. The number of benzene rings is 1. The molecule has 2 rings (SSSR count). The molecule has 0 spiro atoms. The van der Waals surface area contributed by atoms with Crippen LogP contribution >= 0.6 is 0 Å². The number of hydrogen-bond acceptors (Lipinski definition) is 4. The van der Waals surface area contributed by atoms with Gasteiger partial charge in [-0.1, -0.05) is 18.2 Å². The predicted molar refractivity (Wildman–Crippen MR) is 85.1 cm³/mol. The Morgan fingerprint density at radius 2 is 1.91 bits per heavy atom. The van der Waals surface area contributed by atoms with Crippen molar-refractivity contribution >= 4 is 11.8 Å². The Morgan fingerprint density at radius 3 is 2.61 bits per heavy atom. The average Bonchev–Trinajstić information content (AvgIpc) is 3.03. The van der Waals surface area contributed by atoms with Crippen molar-refractivity contribution in [1.29, 1.82) is 0 Å². The van der Waals surface area contributed by atoms with Gasteiger partial charge in [-0.05, 0) is 38.1 Å². The van der Waals surface area contributed by atoms with E-state index >= 15 is 0 Å². The Hall–Kier alpha value is -2.76. The summed E-state index contributed by atoms with van der Waals surface area (Å²) in [7, 11) is 0. The summed E-state index contributed by atoms with van der Waals surface area (Å²) in [6.45, 7) is 4.17. The number of nitrogens with one attached hydrogen (secondary N) is 2. The lowest BCUT2D eigenvalue weighted by Gasteiger charge is -2.12. The van der Waals surface area contributed by atoms with Crippen molar-refractivity contribution in [2.24, 2.45) is 0 Å². The molecule has 0 fully saturated rings. The molecule has 23 heavy (non-hydrogen) atoms. The van der Waals surface area contributed by atoms with Gasteiger partial charge in [-0.25, -0.2) is 0 Å². The highest BCUT2D eigenvalue weighted by Crippen LogP contribution is 2.14. The molecule has 1 heterocycles. The van der Waals surface area contributed by atoms with Crippen LogP contribution in [0.1, 0.15) is 30.2 Å². The normalized spacial score (nSPS) is 11.6. The number of carbonyl (C=O) groups excluding carboxylic acids is 2. The average molecular weight is 316 g/mol. The Labute approximate surface area is 134 Å². The molecule has 0 saturated carbocycles. The molecule has 0 bridgehead atoms. The fourth-order valence-electron chi connectivity index (χ4n) is 1.91. The third kappa shape index (κ3) is 4.88. The van der Waals surface area contributed by atoms with E-state index in [-0.39, 0.29) is 18.3 Å². The summed E-state index contributed by atoms with van der Waals surface area (Å²) < 4.78 is 11.0. The van der Waals surface area contributed by atoms with Crippen LogP contribution in [-0.4, -0.2) is 24.4 Å².